The predicted octanol–water partition coefficient (Wildman–Crippen LogP) is 3.49. The van der Waals surface area contributed by atoms with Gasteiger partial charge in [-0.2, -0.15) is 0 Å². The molecule has 0 aliphatic rings. The van der Waals surface area contributed by atoms with Gasteiger partial charge in [0.15, 0.2) is 0 Å². The van der Waals surface area contributed by atoms with Gasteiger partial charge < -0.3 is 20.7 Å². The van der Waals surface area contributed by atoms with E-state index < -0.39 is 6.10 Å². The lowest BCUT2D eigenvalue weighted by Crippen LogP contribution is -2.28. The van der Waals surface area contributed by atoms with Gasteiger partial charge in [-0.05, 0) is 44.5 Å². The topological polar surface area (TPSA) is 116 Å². The SMILES string of the molecule is Cc1cc(C)nc(Nc2ncc(C(=O)NCC(O)c3c(C)[nH]c4ccccc34)cn2)c1. The molecular weight excluding hydrogens is 392 g/mol. The summed E-state index contributed by atoms with van der Waals surface area (Å²) in [5, 5.41) is 17.4. The number of aliphatic hydroxyl groups excluding tert-OH is 1. The zero-order valence-corrected chi connectivity index (χ0v) is 17.6. The lowest BCUT2D eigenvalue weighted by Gasteiger charge is -2.13. The van der Waals surface area contributed by atoms with Crippen LogP contribution in [0.1, 0.15) is 39.0 Å². The second kappa shape index (κ2) is 8.53. The number of aromatic nitrogens is 4. The number of fused-ring (bicyclic) bond motifs is 1. The number of H-pyrrole nitrogens is 1. The summed E-state index contributed by atoms with van der Waals surface area (Å²) in [5.74, 6) is 0.642. The van der Waals surface area contributed by atoms with E-state index in [1.807, 2.05) is 57.2 Å². The second-order valence-electron chi connectivity index (χ2n) is 7.53. The molecule has 31 heavy (non-hydrogen) atoms. The van der Waals surface area contributed by atoms with Gasteiger partial charge in [0.2, 0.25) is 5.95 Å². The number of aliphatic hydroxyl groups is 1. The molecule has 4 N–H and O–H groups in total. The molecule has 0 saturated heterocycles. The van der Waals surface area contributed by atoms with E-state index in [1.165, 1.54) is 12.4 Å². The second-order valence-corrected chi connectivity index (χ2v) is 7.53. The number of carbonyl (C=O) groups is 1. The fourth-order valence-corrected chi connectivity index (χ4v) is 3.65. The molecule has 0 bridgehead atoms. The van der Waals surface area contributed by atoms with E-state index in [2.05, 4.69) is 30.6 Å². The van der Waals surface area contributed by atoms with E-state index >= 15 is 0 Å². The van der Waals surface area contributed by atoms with Crippen LogP contribution in [0.15, 0.2) is 48.8 Å². The van der Waals surface area contributed by atoms with Crippen LogP contribution in [0.3, 0.4) is 0 Å². The first-order valence-corrected chi connectivity index (χ1v) is 9.98. The minimum Gasteiger partial charge on any atom is -0.386 e. The summed E-state index contributed by atoms with van der Waals surface area (Å²) < 4.78 is 0. The first kappa shape index (κ1) is 20.5. The van der Waals surface area contributed by atoms with Gasteiger partial charge in [-0.15, -0.1) is 0 Å². The zero-order valence-electron chi connectivity index (χ0n) is 17.6. The van der Waals surface area contributed by atoms with Crippen LogP contribution in [0.5, 0.6) is 0 Å². The van der Waals surface area contributed by atoms with Gasteiger partial charge >= 0.3 is 0 Å². The minimum absolute atomic E-state index is 0.0774. The third-order valence-corrected chi connectivity index (χ3v) is 4.98. The summed E-state index contributed by atoms with van der Waals surface area (Å²) in [5.41, 5.74) is 4.89. The maximum Gasteiger partial charge on any atom is 0.254 e. The standard InChI is InChI=1S/C23H24N6O2/c1-13-8-14(2)27-20(9-13)29-23-25-10-16(11-26-23)22(31)24-12-19(30)21-15(3)28-18-7-5-4-6-17(18)21/h4-11,19,28,30H,12H2,1-3H3,(H,24,31)(H,25,26,27,29). The number of anilines is 2. The van der Waals surface area contributed by atoms with Crippen molar-refractivity contribution in [2.24, 2.45) is 0 Å². The molecule has 0 aliphatic carbocycles. The molecule has 0 saturated carbocycles. The van der Waals surface area contributed by atoms with Crippen LogP contribution < -0.4 is 10.6 Å². The molecule has 8 nitrogen and oxygen atoms in total. The van der Waals surface area contributed by atoms with E-state index in [0.717, 1.165) is 33.4 Å². The van der Waals surface area contributed by atoms with Crippen LogP contribution >= 0.6 is 0 Å². The highest BCUT2D eigenvalue weighted by Gasteiger charge is 2.18. The molecule has 4 rings (SSSR count). The highest BCUT2D eigenvalue weighted by atomic mass is 16.3. The number of rotatable bonds is 6. The summed E-state index contributed by atoms with van der Waals surface area (Å²) in [6.07, 6.45) is 2.05. The van der Waals surface area contributed by atoms with Crippen molar-refractivity contribution in [2.75, 3.05) is 11.9 Å². The van der Waals surface area contributed by atoms with Crippen LogP contribution in [0.4, 0.5) is 11.8 Å². The number of nitrogens with zero attached hydrogens (tertiary/aromatic N) is 3. The lowest BCUT2D eigenvalue weighted by atomic mass is 10.1. The molecule has 1 amide bonds. The Hall–Kier alpha value is -3.78. The van der Waals surface area contributed by atoms with E-state index in [1.54, 1.807) is 0 Å². The van der Waals surface area contributed by atoms with Crippen LogP contribution in [0.25, 0.3) is 10.9 Å². The smallest absolute Gasteiger partial charge is 0.254 e. The number of para-hydroxylation sites is 1. The number of pyridine rings is 1. The van der Waals surface area contributed by atoms with Crippen molar-refractivity contribution in [3.63, 3.8) is 0 Å². The van der Waals surface area contributed by atoms with E-state index in [4.69, 9.17) is 0 Å². The van der Waals surface area contributed by atoms with Gasteiger partial charge in [0.1, 0.15) is 5.82 Å². The van der Waals surface area contributed by atoms with Crippen molar-refractivity contribution in [3.8, 4) is 0 Å². The molecule has 0 aliphatic heterocycles. The molecule has 8 heteroatoms. The number of hydrogen-bond donors (Lipinski definition) is 4. The lowest BCUT2D eigenvalue weighted by molar-refractivity contribution is 0.0916. The Morgan fingerprint density at radius 2 is 1.87 bits per heavy atom. The number of benzene rings is 1. The molecule has 1 unspecified atom stereocenters. The van der Waals surface area contributed by atoms with Gasteiger partial charge in [-0.3, -0.25) is 4.79 Å². The fraction of sp³-hybridized carbons (Fsp3) is 0.217. The van der Waals surface area contributed by atoms with Gasteiger partial charge in [0, 0.05) is 46.8 Å². The van der Waals surface area contributed by atoms with Crippen LogP contribution in [-0.4, -0.2) is 37.5 Å². The number of carbonyl (C=O) groups excluding carboxylic acids is 1. The predicted molar refractivity (Wildman–Crippen MR) is 119 cm³/mol. The van der Waals surface area contributed by atoms with Crippen LogP contribution in [0.2, 0.25) is 0 Å². The summed E-state index contributed by atoms with van der Waals surface area (Å²) >= 11 is 0. The van der Waals surface area contributed by atoms with Gasteiger partial charge in [-0.25, -0.2) is 15.0 Å². The number of hydrogen-bond acceptors (Lipinski definition) is 6. The fourth-order valence-electron chi connectivity index (χ4n) is 3.65. The Bertz CT molecular complexity index is 1210. The summed E-state index contributed by atoms with van der Waals surface area (Å²) in [7, 11) is 0. The molecule has 3 heterocycles. The number of nitrogens with one attached hydrogen (secondary N) is 3. The summed E-state index contributed by atoms with van der Waals surface area (Å²) in [6.45, 7) is 5.89. The Morgan fingerprint density at radius 1 is 1.13 bits per heavy atom. The van der Waals surface area contributed by atoms with Crippen molar-refractivity contribution in [3.05, 3.63) is 76.9 Å². The van der Waals surface area contributed by atoms with Crippen LogP contribution in [0, 0.1) is 20.8 Å². The van der Waals surface area contributed by atoms with Crippen molar-refractivity contribution in [1.29, 1.82) is 0 Å². The molecule has 0 fully saturated rings. The average molecular weight is 416 g/mol. The summed E-state index contributed by atoms with van der Waals surface area (Å²) in [6, 6.07) is 11.6. The summed E-state index contributed by atoms with van der Waals surface area (Å²) in [4.78, 5) is 28.5. The normalized spacial score (nSPS) is 12.0. The van der Waals surface area contributed by atoms with E-state index in [-0.39, 0.29) is 12.5 Å². The van der Waals surface area contributed by atoms with E-state index in [9.17, 15) is 9.90 Å². The quantitative estimate of drug-likeness (QED) is 0.382. The van der Waals surface area contributed by atoms with Crippen molar-refractivity contribution >= 4 is 28.6 Å². The third-order valence-electron chi connectivity index (χ3n) is 4.98. The van der Waals surface area contributed by atoms with Gasteiger partial charge in [0.05, 0.1) is 11.7 Å². The Kier molecular flexibility index (Phi) is 5.64. The van der Waals surface area contributed by atoms with Gasteiger partial charge in [-0.1, -0.05) is 18.2 Å². The molecule has 3 aromatic heterocycles. The zero-order chi connectivity index (χ0) is 22.0. The molecule has 4 aromatic rings. The van der Waals surface area contributed by atoms with E-state index in [0.29, 0.717) is 17.3 Å². The molecule has 158 valence electrons. The first-order valence-electron chi connectivity index (χ1n) is 9.98. The number of amides is 1. The van der Waals surface area contributed by atoms with Crippen molar-refractivity contribution < 1.29 is 9.90 Å². The minimum atomic E-state index is -0.836. The monoisotopic (exact) mass is 416 g/mol. The third kappa shape index (κ3) is 4.54. The maximum atomic E-state index is 12.5. The van der Waals surface area contributed by atoms with Crippen molar-refractivity contribution in [1.82, 2.24) is 25.3 Å². The first-order chi connectivity index (χ1) is 14.9. The molecule has 0 radical (unpaired) electrons. The largest absolute Gasteiger partial charge is 0.386 e. The molecule has 0 spiro atoms. The van der Waals surface area contributed by atoms with Gasteiger partial charge in [0.25, 0.3) is 5.91 Å². The molecule has 1 atom stereocenters. The van der Waals surface area contributed by atoms with Crippen molar-refractivity contribution in [2.45, 2.75) is 26.9 Å². The highest BCUT2D eigenvalue weighted by Crippen LogP contribution is 2.27. The number of aryl methyl sites for hydroxylation is 3. The maximum absolute atomic E-state index is 12.5. The Morgan fingerprint density at radius 3 is 2.61 bits per heavy atom. The Balaban J connectivity index is 1.40. The average Bonchev–Trinajstić information content (AvgIpc) is 3.07. The molecule has 1 aromatic carbocycles. The molecular formula is C23H24N6O2. The highest BCUT2D eigenvalue weighted by molar-refractivity contribution is 5.93. The number of aromatic amines is 1. The Labute approximate surface area is 179 Å². The van der Waals surface area contributed by atoms with Crippen LogP contribution in [-0.2, 0) is 0 Å².